The van der Waals surface area contributed by atoms with Crippen LogP contribution in [0.4, 0.5) is 10.1 Å². The number of amides is 1. The number of thioether (sulfide) groups is 2. The van der Waals surface area contributed by atoms with Gasteiger partial charge < -0.3 is 5.32 Å². The summed E-state index contributed by atoms with van der Waals surface area (Å²) in [6.45, 7) is 4.01. The van der Waals surface area contributed by atoms with Crippen molar-refractivity contribution < 1.29 is 9.18 Å². The van der Waals surface area contributed by atoms with E-state index in [1.165, 1.54) is 41.1 Å². The number of anilines is 1. The molecule has 1 amide bonds. The number of rotatable bonds is 6. The Morgan fingerprint density at radius 2 is 2.00 bits per heavy atom. The van der Waals surface area contributed by atoms with E-state index in [1.54, 1.807) is 22.9 Å². The van der Waals surface area contributed by atoms with Gasteiger partial charge in [0, 0.05) is 5.56 Å². The van der Waals surface area contributed by atoms with Crippen LogP contribution in [0.2, 0.25) is 0 Å². The molecule has 0 aliphatic carbocycles. The first-order valence-electron chi connectivity index (χ1n) is 8.12. The van der Waals surface area contributed by atoms with E-state index < -0.39 is 0 Å². The van der Waals surface area contributed by atoms with E-state index in [2.05, 4.69) is 14.8 Å². The molecule has 2 aromatic heterocycles. The van der Waals surface area contributed by atoms with Crippen LogP contribution in [-0.4, -0.2) is 32.6 Å². The van der Waals surface area contributed by atoms with E-state index in [4.69, 9.17) is 0 Å². The molecule has 0 atom stereocenters. The van der Waals surface area contributed by atoms with Gasteiger partial charge in [-0.15, -0.1) is 23.5 Å². The number of halogens is 1. The Kier molecular flexibility index (Phi) is 6.23. The van der Waals surface area contributed by atoms with Gasteiger partial charge in [0.1, 0.15) is 10.8 Å². The minimum atomic E-state index is -0.269. The van der Waals surface area contributed by atoms with Crippen molar-refractivity contribution >= 4 is 46.7 Å². The summed E-state index contributed by atoms with van der Waals surface area (Å²) in [5.74, 6) is -0.469. The number of benzene rings is 1. The van der Waals surface area contributed by atoms with Crippen molar-refractivity contribution in [3.05, 3.63) is 52.6 Å². The molecule has 0 bridgehead atoms. The maximum Gasteiger partial charge on any atom is 0.260 e. The molecule has 0 unspecified atom stereocenters. The summed E-state index contributed by atoms with van der Waals surface area (Å²) in [5, 5.41) is 8.17. The Hall–Kier alpha value is -1.84. The van der Waals surface area contributed by atoms with E-state index >= 15 is 0 Å². The third-order valence-corrected chi connectivity index (χ3v) is 6.87. The third-order valence-electron chi connectivity index (χ3n) is 4.13. The molecular weight excluding hydrogens is 403 g/mol. The van der Waals surface area contributed by atoms with Crippen molar-refractivity contribution in [2.45, 2.75) is 29.6 Å². The summed E-state index contributed by atoms with van der Waals surface area (Å²) in [4.78, 5) is 12.9. The molecular formula is C18H19FN4OS3. The van der Waals surface area contributed by atoms with Crippen LogP contribution in [0.5, 0.6) is 0 Å². The van der Waals surface area contributed by atoms with E-state index in [0.717, 1.165) is 14.9 Å². The first-order chi connectivity index (χ1) is 13.0. The van der Waals surface area contributed by atoms with Crippen molar-refractivity contribution in [3.63, 3.8) is 0 Å². The van der Waals surface area contributed by atoms with Crippen molar-refractivity contribution in [2.75, 3.05) is 17.8 Å². The molecule has 27 heavy (non-hydrogen) atoms. The lowest BCUT2D eigenvalue weighted by molar-refractivity contribution is 0.102. The van der Waals surface area contributed by atoms with Crippen LogP contribution in [-0.2, 0) is 6.54 Å². The predicted molar refractivity (Wildman–Crippen MR) is 111 cm³/mol. The zero-order chi connectivity index (χ0) is 19.6. The Labute approximate surface area is 169 Å². The van der Waals surface area contributed by atoms with Gasteiger partial charge in [0.05, 0.1) is 33.4 Å². The van der Waals surface area contributed by atoms with E-state index in [-0.39, 0.29) is 11.7 Å². The average Bonchev–Trinajstić information content (AvgIpc) is 3.19. The molecule has 0 spiro atoms. The predicted octanol–water partition coefficient (Wildman–Crippen LogP) is 4.84. The maximum atomic E-state index is 14.0. The smallest absolute Gasteiger partial charge is 0.260 e. The minimum absolute atomic E-state index is 0.200. The van der Waals surface area contributed by atoms with Crippen molar-refractivity contribution in [3.8, 4) is 0 Å². The molecule has 0 saturated carbocycles. The SMILES string of the molecule is CSc1nsc(SC)c1C(=O)Nc1c(C)nn(Cc2ccccc2F)c1C. The number of carbonyl (C=O) groups excluding carboxylic acids is 1. The minimum Gasteiger partial charge on any atom is -0.319 e. The summed E-state index contributed by atoms with van der Waals surface area (Å²) in [7, 11) is 0. The highest BCUT2D eigenvalue weighted by molar-refractivity contribution is 8.01. The van der Waals surface area contributed by atoms with Crippen LogP contribution in [0.15, 0.2) is 33.5 Å². The second kappa shape index (κ2) is 8.45. The maximum absolute atomic E-state index is 14.0. The van der Waals surface area contributed by atoms with Gasteiger partial charge >= 0.3 is 0 Å². The van der Waals surface area contributed by atoms with Gasteiger partial charge in [-0.25, -0.2) is 4.39 Å². The van der Waals surface area contributed by atoms with Gasteiger partial charge in [-0.3, -0.25) is 9.48 Å². The number of hydrogen-bond donors (Lipinski definition) is 1. The van der Waals surface area contributed by atoms with Crippen LogP contribution in [0.1, 0.15) is 27.3 Å². The molecule has 0 radical (unpaired) electrons. The summed E-state index contributed by atoms with van der Waals surface area (Å²) in [6.07, 6.45) is 3.83. The molecule has 0 aliphatic heterocycles. The zero-order valence-corrected chi connectivity index (χ0v) is 17.8. The summed E-state index contributed by atoms with van der Waals surface area (Å²) < 4.78 is 20.9. The highest BCUT2D eigenvalue weighted by Gasteiger charge is 2.23. The molecule has 2 heterocycles. The van der Waals surface area contributed by atoms with Crippen LogP contribution < -0.4 is 5.32 Å². The monoisotopic (exact) mass is 422 g/mol. The quantitative estimate of drug-likeness (QED) is 0.576. The lowest BCUT2D eigenvalue weighted by Gasteiger charge is -2.08. The molecule has 5 nitrogen and oxygen atoms in total. The lowest BCUT2D eigenvalue weighted by atomic mass is 10.2. The summed E-state index contributed by atoms with van der Waals surface area (Å²) >= 11 is 4.28. The fraction of sp³-hybridized carbons (Fsp3) is 0.278. The van der Waals surface area contributed by atoms with E-state index in [1.807, 2.05) is 26.4 Å². The second-order valence-corrected chi connectivity index (χ2v) is 8.45. The molecule has 0 saturated heterocycles. The van der Waals surface area contributed by atoms with Crippen LogP contribution >= 0.6 is 35.1 Å². The molecule has 3 aromatic rings. The standard InChI is InChI=1S/C18H19FN4OS3/c1-10-15(20-16(24)14-17(25-3)22-27-18(14)26-4)11(2)23(21-10)9-12-7-5-6-8-13(12)19/h5-8H,9H2,1-4H3,(H,20,24). The molecule has 9 heteroatoms. The van der Waals surface area contributed by atoms with Crippen molar-refractivity contribution in [1.82, 2.24) is 14.2 Å². The highest BCUT2D eigenvalue weighted by atomic mass is 32.2. The topological polar surface area (TPSA) is 59.8 Å². The third kappa shape index (κ3) is 4.04. The largest absolute Gasteiger partial charge is 0.319 e. The molecule has 0 aliphatic rings. The summed E-state index contributed by atoms with van der Waals surface area (Å²) in [6, 6.07) is 6.62. The number of nitrogens with one attached hydrogen (secondary N) is 1. The van der Waals surface area contributed by atoms with E-state index in [0.29, 0.717) is 29.1 Å². The number of hydrogen-bond acceptors (Lipinski definition) is 6. The van der Waals surface area contributed by atoms with Gasteiger partial charge in [-0.2, -0.15) is 9.47 Å². The Morgan fingerprint density at radius 3 is 2.67 bits per heavy atom. The van der Waals surface area contributed by atoms with Crippen LogP contribution in [0, 0.1) is 19.7 Å². The second-order valence-electron chi connectivity index (χ2n) is 5.81. The molecule has 142 valence electrons. The number of carbonyl (C=O) groups is 1. The van der Waals surface area contributed by atoms with Crippen molar-refractivity contribution in [2.24, 2.45) is 0 Å². The summed E-state index contributed by atoms with van der Waals surface area (Å²) in [5.41, 5.74) is 3.28. The fourth-order valence-corrected chi connectivity index (χ4v) is 5.01. The molecule has 1 aromatic carbocycles. The Bertz CT molecular complexity index is 962. The van der Waals surface area contributed by atoms with Gasteiger partial charge in [-0.1, -0.05) is 18.2 Å². The van der Waals surface area contributed by atoms with Gasteiger partial charge in [0.15, 0.2) is 0 Å². The number of nitrogens with zero attached hydrogens (tertiary/aromatic N) is 3. The Morgan fingerprint density at radius 1 is 1.26 bits per heavy atom. The first-order valence-corrected chi connectivity index (χ1v) is 11.3. The van der Waals surface area contributed by atoms with Crippen LogP contribution in [0.3, 0.4) is 0 Å². The zero-order valence-electron chi connectivity index (χ0n) is 15.4. The van der Waals surface area contributed by atoms with Gasteiger partial charge in [-0.05, 0) is 44.0 Å². The number of aromatic nitrogens is 3. The lowest BCUT2D eigenvalue weighted by Crippen LogP contribution is -2.14. The molecule has 1 N–H and O–H groups in total. The van der Waals surface area contributed by atoms with Gasteiger partial charge in [0.25, 0.3) is 5.91 Å². The first kappa shape index (κ1) is 19.9. The molecule has 3 rings (SSSR count). The Balaban J connectivity index is 1.88. The van der Waals surface area contributed by atoms with Crippen molar-refractivity contribution in [1.29, 1.82) is 0 Å². The van der Waals surface area contributed by atoms with E-state index in [9.17, 15) is 9.18 Å². The average molecular weight is 423 g/mol. The normalized spacial score (nSPS) is 11.0. The fourth-order valence-electron chi connectivity index (χ4n) is 2.73. The number of aryl methyl sites for hydroxylation is 1. The van der Waals surface area contributed by atoms with Gasteiger partial charge in [0.2, 0.25) is 0 Å². The van der Waals surface area contributed by atoms with Crippen LogP contribution in [0.25, 0.3) is 0 Å². The highest BCUT2D eigenvalue weighted by Crippen LogP contribution is 2.33. The molecule has 0 fully saturated rings.